The molecule has 0 unspecified atom stereocenters. The molecule has 1 rings (SSSR count). The van der Waals surface area contributed by atoms with Crippen molar-refractivity contribution in [1.82, 2.24) is 15.3 Å². The van der Waals surface area contributed by atoms with Crippen molar-refractivity contribution >= 4 is 29.1 Å². The first-order valence-electron chi connectivity index (χ1n) is 6.53. The quantitative estimate of drug-likeness (QED) is 0.754. The van der Waals surface area contributed by atoms with Crippen LogP contribution in [-0.4, -0.2) is 40.0 Å². The van der Waals surface area contributed by atoms with Crippen LogP contribution in [0, 0.1) is 6.92 Å². The fraction of sp³-hybridized carbons (Fsp3) is 0.538. The Labute approximate surface area is 124 Å². The van der Waals surface area contributed by atoms with Gasteiger partial charge < -0.3 is 16.0 Å². The van der Waals surface area contributed by atoms with Gasteiger partial charge in [-0.15, -0.1) is 0 Å². The second-order valence-electron chi connectivity index (χ2n) is 4.80. The van der Waals surface area contributed by atoms with Crippen molar-refractivity contribution in [2.75, 3.05) is 18.0 Å². The second kappa shape index (κ2) is 7.14. The van der Waals surface area contributed by atoms with E-state index in [0.717, 1.165) is 5.69 Å². The molecule has 3 N–H and O–H groups in total. The number of thiocarbonyl (C=S) groups is 1. The maximum absolute atomic E-state index is 11.8. The first kappa shape index (κ1) is 16.3. The second-order valence-corrected chi connectivity index (χ2v) is 5.24. The van der Waals surface area contributed by atoms with E-state index < -0.39 is 0 Å². The number of carbonyl (C=O) groups is 1. The van der Waals surface area contributed by atoms with Gasteiger partial charge in [0.15, 0.2) is 0 Å². The highest BCUT2D eigenvalue weighted by Crippen LogP contribution is 2.10. The summed E-state index contributed by atoms with van der Waals surface area (Å²) in [7, 11) is 0. The SMILES string of the molecule is CCN(CC(=O)NC(C)C)c1nc(C)cc(C(N)=S)n1. The fourth-order valence-electron chi connectivity index (χ4n) is 1.69. The molecule has 0 spiro atoms. The Hall–Kier alpha value is -1.76. The molecule has 20 heavy (non-hydrogen) atoms. The van der Waals surface area contributed by atoms with Crippen LogP contribution in [0.3, 0.4) is 0 Å². The molecule has 0 fully saturated rings. The van der Waals surface area contributed by atoms with Gasteiger partial charge in [0, 0.05) is 18.3 Å². The first-order valence-corrected chi connectivity index (χ1v) is 6.94. The molecule has 1 aromatic heterocycles. The van der Waals surface area contributed by atoms with Gasteiger partial charge >= 0.3 is 0 Å². The van der Waals surface area contributed by atoms with Crippen molar-refractivity contribution in [3.63, 3.8) is 0 Å². The molecule has 1 amide bonds. The highest BCUT2D eigenvalue weighted by atomic mass is 32.1. The van der Waals surface area contributed by atoms with Crippen LogP contribution in [0.25, 0.3) is 0 Å². The zero-order valence-electron chi connectivity index (χ0n) is 12.3. The molecule has 0 bridgehead atoms. The lowest BCUT2D eigenvalue weighted by Gasteiger charge is -2.21. The number of hydrogen-bond acceptors (Lipinski definition) is 5. The standard InChI is InChI=1S/C13H21N5OS/c1-5-18(7-11(19)15-8(2)3)13-16-9(4)6-10(17-13)12(14)20/h6,8H,5,7H2,1-4H3,(H2,14,20)(H,15,19). The Morgan fingerprint density at radius 3 is 2.65 bits per heavy atom. The van der Waals surface area contributed by atoms with Crippen LogP contribution in [0.2, 0.25) is 0 Å². The summed E-state index contributed by atoms with van der Waals surface area (Å²) >= 11 is 4.94. The molecule has 0 aromatic carbocycles. The molecule has 7 heteroatoms. The molecule has 0 aliphatic heterocycles. The van der Waals surface area contributed by atoms with Crippen molar-refractivity contribution in [3.8, 4) is 0 Å². The van der Waals surface area contributed by atoms with Gasteiger partial charge in [0.1, 0.15) is 10.7 Å². The number of amides is 1. The lowest BCUT2D eigenvalue weighted by Crippen LogP contribution is -2.41. The number of nitrogens with two attached hydrogens (primary N) is 1. The third-order valence-electron chi connectivity index (χ3n) is 2.54. The number of rotatable bonds is 6. The monoisotopic (exact) mass is 295 g/mol. The zero-order valence-corrected chi connectivity index (χ0v) is 13.1. The van der Waals surface area contributed by atoms with Gasteiger partial charge in [-0.1, -0.05) is 12.2 Å². The Morgan fingerprint density at radius 1 is 1.50 bits per heavy atom. The average molecular weight is 295 g/mol. The van der Waals surface area contributed by atoms with E-state index in [4.69, 9.17) is 18.0 Å². The van der Waals surface area contributed by atoms with Crippen LogP contribution in [0.1, 0.15) is 32.2 Å². The predicted octanol–water partition coefficient (Wildman–Crippen LogP) is 0.770. The van der Waals surface area contributed by atoms with E-state index >= 15 is 0 Å². The van der Waals surface area contributed by atoms with E-state index in [9.17, 15) is 4.79 Å². The van der Waals surface area contributed by atoms with Crippen molar-refractivity contribution in [2.45, 2.75) is 33.7 Å². The number of hydrogen-bond donors (Lipinski definition) is 2. The molecule has 1 aromatic rings. The fourth-order valence-corrected chi connectivity index (χ4v) is 1.79. The van der Waals surface area contributed by atoms with E-state index in [-0.39, 0.29) is 23.5 Å². The van der Waals surface area contributed by atoms with Crippen LogP contribution < -0.4 is 16.0 Å². The number of aromatic nitrogens is 2. The topological polar surface area (TPSA) is 84.1 Å². The summed E-state index contributed by atoms with van der Waals surface area (Å²) in [5.41, 5.74) is 6.89. The minimum absolute atomic E-state index is 0.0659. The van der Waals surface area contributed by atoms with Crippen LogP contribution in [0.4, 0.5) is 5.95 Å². The number of anilines is 1. The van der Waals surface area contributed by atoms with Crippen LogP contribution in [-0.2, 0) is 4.79 Å². The van der Waals surface area contributed by atoms with Gasteiger partial charge in [-0.25, -0.2) is 9.97 Å². The predicted molar refractivity (Wildman–Crippen MR) is 83.8 cm³/mol. The average Bonchev–Trinajstić information content (AvgIpc) is 2.34. The van der Waals surface area contributed by atoms with Gasteiger partial charge in [-0.05, 0) is 33.8 Å². The molecule has 0 saturated carbocycles. The van der Waals surface area contributed by atoms with E-state index in [2.05, 4.69) is 15.3 Å². The molecule has 0 atom stereocenters. The maximum atomic E-state index is 11.8. The molecular formula is C13H21N5OS. The van der Waals surface area contributed by atoms with E-state index in [1.807, 2.05) is 27.7 Å². The summed E-state index contributed by atoms with van der Waals surface area (Å²) in [5.74, 6) is 0.401. The normalized spacial score (nSPS) is 10.4. The summed E-state index contributed by atoms with van der Waals surface area (Å²) < 4.78 is 0. The molecular weight excluding hydrogens is 274 g/mol. The largest absolute Gasteiger partial charge is 0.388 e. The van der Waals surface area contributed by atoms with E-state index in [1.54, 1.807) is 11.0 Å². The van der Waals surface area contributed by atoms with Gasteiger partial charge in [-0.3, -0.25) is 4.79 Å². The number of nitrogens with zero attached hydrogens (tertiary/aromatic N) is 3. The Morgan fingerprint density at radius 2 is 2.15 bits per heavy atom. The van der Waals surface area contributed by atoms with Crippen molar-refractivity contribution in [2.24, 2.45) is 5.73 Å². The minimum Gasteiger partial charge on any atom is -0.388 e. The molecule has 0 radical (unpaired) electrons. The van der Waals surface area contributed by atoms with Crippen LogP contribution in [0.15, 0.2) is 6.07 Å². The molecule has 0 aliphatic carbocycles. The number of carbonyl (C=O) groups excluding carboxylic acids is 1. The molecule has 6 nitrogen and oxygen atoms in total. The van der Waals surface area contributed by atoms with Crippen LogP contribution in [0.5, 0.6) is 0 Å². The van der Waals surface area contributed by atoms with E-state index in [1.165, 1.54) is 0 Å². The highest BCUT2D eigenvalue weighted by Gasteiger charge is 2.15. The van der Waals surface area contributed by atoms with Gasteiger partial charge in [0.05, 0.1) is 6.54 Å². The number of aryl methyl sites for hydroxylation is 1. The summed E-state index contributed by atoms with van der Waals surface area (Å²) in [6, 6.07) is 1.83. The van der Waals surface area contributed by atoms with Gasteiger partial charge in [-0.2, -0.15) is 0 Å². The summed E-state index contributed by atoms with van der Waals surface area (Å²) in [6.45, 7) is 8.44. The smallest absolute Gasteiger partial charge is 0.239 e. The summed E-state index contributed by atoms with van der Waals surface area (Å²) in [5, 5.41) is 2.84. The van der Waals surface area contributed by atoms with Crippen molar-refractivity contribution in [1.29, 1.82) is 0 Å². The van der Waals surface area contributed by atoms with E-state index in [0.29, 0.717) is 18.2 Å². The molecule has 0 aliphatic rings. The minimum atomic E-state index is -0.0659. The third-order valence-corrected chi connectivity index (χ3v) is 2.75. The Balaban J connectivity index is 2.94. The summed E-state index contributed by atoms with van der Waals surface area (Å²) in [6.07, 6.45) is 0. The lowest BCUT2D eigenvalue weighted by atomic mass is 10.3. The molecule has 0 saturated heterocycles. The zero-order chi connectivity index (χ0) is 15.3. The summed E-state index contributed by atoms with van der Waals surface area (Å²) in [4.78, 5) is 22.5. The van der Waals surface area contributed by atoms with Crippen molar-refractivity contribution in [3.05, 3.63) is 17.5 Å². The van der Waals surface area contributed by atoms with Gasteiger partial charge in [0.2, 0.25) is 11.9 Å². The van der Waals surface area contributed by atoms with Crippen LogP contribution >= 0.6 is 12.2 Å². The number of likely N-dealkylation sites (N-methyl/N-ethyl adjacent to an activating group) is 1. The first-order chi connectivity index (χ1) is 9.33. The third kappa shape index (κ3) is 4.73. The number of nitrogens with one attached hydrogen (secondary N) is 1. The Kier molecular flexibility index (Phi) is 5.82. The Bertz CT molecular complexity index is 504. The van der Waals surface area contributed by atoms with Crippen molar-refractivity contribution < 1.29 is 4.79 Å². The highest BCUT2D eigenvalue weighted by molar-refractivity contribution is 7.80. The molecule has 1 heterocycles. The molecule has 110 valence electrons. The lowest BCUT2D eigenvalue weighted by molar-refractivity contribution is -0.120. The van der Waals surface area contributed by atoms with Gasteiger partial charge in [0.25, 0.3) is 0 Å². The maximum Gasteiger partial charge on any atom is 0.239 e.